The van der Waals surface area contributed by atoms with E-state index in [-0.39, 0.29) is 5.82 Å². The average Bonchev–Trinajstić information content (AvgIpc) is 2.92. The van der Waals surface area contributed by atoms with Crippen molar-refractivity contribution in [1.82, 2.24) is 0 Å². The summed E-state index contributed by atoms with van der Waals surface area (Å²) >= 11 is 20.3. The van der Waals surface area contributed by atoms with E-state index in [0.29, 0.717) is 27.4 Å². The van der Waals surface area contributed by atoms with Gasteiger partial charge in [0.25, 0.3) is 0 Å². The maximum absolute atomic E-state index is 13.8. The van der Waals surface area contributed by atoms with Gasteiger partial charge in [-0.25, -0.2) is 4.39 Å². The lowest BCUT2D eigenvalue weighted by atomic mass is 10.1. The Kier molecular flexibility index (Phi) is 7.47. The van der Waals surface area contributed by atoms with Crippen LogP contribution in [-0.2, 0) is 5.75 Å². The maximum atomic E-state index is 13.8. The molecule has 0 fully saturated rings. The van der Waals surface area contributed by atoms with E-state index in [4.69, 9.17) is 39.8 Å². The SMILES string of the molecule is CN1CCN=C(C=Cc2cccc(Cl)c2SCc2ccc(Cl)c(Cl)c2)c2ccc(F)cc21. The van der Waals surface area contributed by atoms with Crippen LogP contribution in [0.15, 0.2) is 70.6 Å². The molecule has 2 nitrogen and oxygen atoms in total. The summed E-state index contributed by atoms with van der Waals surface area (Å²) in [5.41, 5.74) is 4.63. The third-order valence-corrected chi connectivity index (χ3v) is 7.54. The minimum absolute atomic E-state index is 0.253. The lowest BCUT2D eigenvalue weighted by Gasteiger charge is -2.19. The molecule has 1 aliphatic heterocycles. The van der Waals surface area contributed by atoms with Crippen molar-refractivity contribution in [3.05, 3.63) is 98.2 Å². The Hall–Kier alpha value is -1.98. The van der Waals surface area contributed by atoms with Gasteiger partial charge < -0.3 is 4.90 Å². The fraction of sp³-hybridized carbons (Fsp3) is 0.160. The van der Waals surface area contributed by atoms with Gasteiger partial charge in [-0.1, -0.05) is 59.1 Å². The van der Waals surface area contributed by atoms with Gasteiger partial charge in [0.2, 0.25) is 0 Å². The highest BCUT2D eigenvalue weighted by Crippen LogP contribution is 2.35. The highest BCUT2D eigenvalue weighted by Gasteiger charge is 2.16. The van der Waals surface area contributed by atoms with Crippen molar-refractivity contribution in [3.8, 4) is 0 Å². The van der Waals surface area contributed by atoms with E-state index in [9.17, 15) is 4.39 Å². The highest BCUT2D eigenvalue weighted by molar-refractivity contribution is 7.98. The van der Waals surface area contributed by atoms with Crippen molar-refractivity contribution in [3.63, 3.8) is 0 Å². The van der Waals surface area contributed by atoms with Gasteiger partial charge in [0.15, 0.2) is 0 Å². The molecule has 0 atom stereocenters. The van der Waals surface area contributed by atoms with Gasteiger partial charge in [-0.05, 0) is 53.6 Å². The number of fused-ring (bicyclic) bond motifs is 1. The first-order valence-corrected chi connectivity index (χ1v) is 12.1. The van der Waals surface area contributed by atoms with Crippen LogP contribution in [0, 0.1) is 5.82 Å². The lowest BCUT2D eigenvalue weighted by Crippen LogP contribution is -2.20. The zero-order valence-electron chi connectivity index (χ0n) is 17.3. The summed E-state index contributed by atoms with van der Waals surface area (Å²) in [6.45, 7) is 1.37. The molecule has 4 rings (SSSR count). The van der Waals surface area contributed by atoms with E-state index in [1.807, 2.05) is 54.4 Å². The zero-order valence-corrected chi connectivity index (χ0v) is 20.4. The number of benzene rings is 3. The molecule has 3 aromatic carbocycles. The molecule has 0 aromatic heterocycles. The van der Waals surface area contributed by atoms with Crippen molar-refractivity contribution in [2.75, 3.05) is 25.0 Å². The van der Waals surface area contributed by atoms with Crippen LogP contribution in [0.5, 0.6) is 0 Å². The Bertz CT molecular complexity index is 1210. The standard InChI is InChI=1S/C25H20Cl3FN2S/c1-31-12-11-30-23(19-8-7-18(29)14-24(19)31)10-6-17-3-2-4-21(27)25(17)32-15-16-5-9-20(26)22(28)13-16/h2-10,13-14H,11-12,15H2,1H3. The Morgan fingerprint density at radius 2 is 1.84 bits per heavy atom. The quantitative estimate of drug-likeness (QED) is 0.326. The van der Waals surface area contributed by atoms with Gasteiger partial charge in [0.05, 0.1) is 27.3 Å². The predicted octanol–water partition coefficient (Wildman–Crippen LogP) is 8.03. The van der Waals surface area contributed by atoms with Crippen LogP contribution in [0.2, 0.25) is 15.1 Å². The lowest BCUT2D eigenvalue weighted by molar-refractivity contribution is 0.627. The monoisotopic (exact) mass is 504 g/mol. The minimum Gasteiger partial charge on any atom is -0.372 e. The Balaban J connectivity index is 1.61. The summed E-state index contributed by atoms with van der Waals surface area (Å²) in [6.07, 6.45) is 3.99. The first-order chi connectivity index (χ1) is 15.4. The number of anilines is 1. The van der Waals surface area contributed by atoms with E-state index in [0.717, 1.165) is 39.5 Å². The molecule has 1 aliphatic rings. The number of aliphatic imine (C=N–C) groups is 1. The molecule has 3 aromatic rings. The molecule has 164 valence electrons. The number of nitrogens with zero attached hydrogens (tertiary/aromatic N) is 2. The van der Waals surface area contributed by atoms with Crippen molar-refractivity contribution < 1.29 is 4.39 Å². The summed E-state index contributed by atoms with van der Waals surface area (Å²) in [5.74, 6) is 0.451. The van der Waals surface area contributed by atoms with Crippen molar-refractivity contribution in [2.24, 2.45) is 4.99 Å². The van der Waals surface area contributed by atoms with Crippen molar-refractivity contribution in [2.45, 2.75) is 10.6 Å². The van der Waals surface area contributed by atoms with Crippen LogP contribution in [0.4, 0.5) is 10.1 Å². The minimum atomic E-state index is -0.253. The number of benzodiazepines with no additional fused rings is 1. The molecule has 0 amide bonds. The van der Waals surface area contributed by atoms with Gasteiger partial charge in [-0.2, -0.15) is 0 Å². The van der Waals surface area contributed by atoms with E-state index in [1.165, 1.54) is 6.07 Å². The van der Waals surface area contributed by atoms with Gasteiger partial charge in [-0.15, -0.1) is 11.8 Å². The fourth-order valence-electron chi connectivity index (χ4n) is 3.47. The molecule has 7 heteroatoms. The van der Waals surface area contributed by atoms with Crippen LogP contribution >= 0.6 is 46.6 Å². The van der Waals surface area contributed by atoms with Crippen LogP contribution in [-0.4, -0.2) is 25.8 Å². The summed E-state index contributed by atoms with van der Waals surface area (Å²) in [7, 11) is 1.95. The highest BCUT2D eigenvalue weighted by atomic mass is 35.5. The number of halogens is 4. The van der Waals surface area contributed by atoms with Crippen LogP contribution in [0.3, 0.4) is 0 Å². The van der Waals surface area contributed by atoms with Crippen molar-refractivity contribution in [1.29, 1.82) is 0 Å². The van der Waals surface area contributed by atoms with Gasteiger partial charge in [0.1, 0.15) is 5.82 Å². The summed E-state index contributed by atoms with van der Waals surface area (Å²) in [6, 6.07) is 16.3. The van der Waals surface area contributed by atoms with Crippen LogP contribution < -0.4 is 4.90 Å². The van der Waals surface area contributed by atoms with E-state index in [2.05, 4.69) is 0 Å². The fourth-order valence-corrected chi connectivity index (χ4v) is 5.13. The number of hydrogen-bond donors (Lipinski definition) is 0. The normalized spacial score (nSPS) is 13.8. The molecule has 32 heavy (non-hydrogen) atoms. The van der Waals surface area contributed by atoms with E-state index >= 15 is 0 Å². The second-order valence-corrected chi connectivity index (χ2v) is 9.59. The number of rotatable bonds is 5. The van der Waals surface area contributed by atoms with Crippen molar-refractivity contribution >= 4 is 64.0 Å². The second kappa shape index (κ2) is 10.3. The Morgan fingerprint density at radius 3 is 2.66 bits per heavy atom. The predicted molar refractivity (Wildman–Crippen MR) is 138 cm³/mol. The number of hydrogen-bond acceptors (Lipinski definition) is 3. The third-order valence-electron chi connectivity index (χ3n) is 5.15. The number of thioether (sulfide) groups is 1. The summed E-state index contributed by atoms with van der Waals surface area (Å²) in [5, 5.41) is 1.76. The largest absolute Gasteiger partial charge is 0.372 e. The third kappa shape index (κ3) is 5.32. The maximum Gasteiger partial charge on any atom is 0.125 e. The molecule has 1 heterocycles. The van der Waals surface area contributed by atoms with Gasteiger partial charge >= 0.3 is 0 Å². The smallest absolute Gasteiger partial charge is 0.125 e. The second-order valence-electron chi connectivity index (χ2n) is 7.38. The molecule has 0 N–H and O–H groups in total. The summed E-state index contributed by atoms with van der Waals surface area (Å²) in [4.78, 5) is 7.72. The topological polar surface area (TPSA) is 15.6 Å². The molecule has 0 unspecified atom stereocenters. The van der Waals surface area contributed by atoms with Crippen LogP contribution in [0.1, 0.15) is 16.7 Å². The van der Waals surface area contributed by atoms with Crippen LogP contribution in [0.25, 0.3) is 6.08 Å². The average molecular weight is 506 g/mol. The molecular formula is C25H20Cl3FN2S. The van der Waals surface area contributed by atoms with Gasteiger partial charge in [0, 0.05) is 35.5 Å². The molecule has 0 spiro atoms. The molecule has 0 saturated carbocycles. The molecule has 0 bridgehead atoms. The first kappa shape index (κ1) is 23.2. The molecule has 0 saturated heterocycles. The Morgan fingerprint density at radius 1 is 1.00 bits per heavy atom. The van der Waals surface area contributed by atoms with E-state index < -0.39 is 0 Å². The zero-order chi connectivity index (χ0) is 22.7. The number of allylic oxidation sites excluding steroid dienone is 1. The summed E-state index contributed by atoms with van der Waals surface area (Å²) < 4.78 is 13.8. The molecular weight excluding hydrogens is 486 g/mol. The molecule has 0 aliphatic carbocycles. The number of likely N-dealkylation sites (N-methyl/N-ethyl adjacent to an activating group) is 1. The first-order valence-electron chi connectivity index (χ1n) is 10.0. The molecule has 0 radical (unpaired) electrons. The Labute approximate surface area is 206 Å². The van der Waals surface area contributed by atoms with E-state index in [1.54, 1.807) is 30.0 Å². The van der Waals surface area contributed by atoms with Gasteiger partial charge in [-0.3, -0.25) is 4.99 Å².